The first-order chi connectivity index (χ1) is 5.75. The predicted octanol–water partition coefficient (Wildman–Crippen LogP) is 3.00. The van der Waals surface area contributed by atoms with Crippen molar-refractivity contribution in [3.05, 3.63) is 11.1 Å². The first kappa shape index (κ1) is 6.23. The second kappa shape index (κ2) is 1.42. The first-order valence-electron chi connectivity index (χ1n) is 5.42. The first-order valence-corrected chi connectivity index (χ1v) is 5.42. The molecule has 3 fully saturated rings. The Morgan fingerprint density at radius 1 is 1.17 bits per heavy atom. The fourth-order valence-corrected chi connectivity index (χ4v) is 5.05. The number of hydrogen-bond acceptors (Lipinski definition) is 0. The zero-order chi connectivity index (χ0) is 8.09. The van der Waals surface area contributed by atoms with Gasteiger partial charge in [0.05, 0.1) is 0 Å². The van der Waals surface area contributed by atoms with Crippen LogP contribution in [0.5, 0.6) is 0 Å². The summed E-state index contributed by atoms with van der Waals surface area (Å²) in [6.07, 6.45) is 4.72. The number of allylic oxidation sites excluding steroid dienone is 2. The highest BCUT2D eigenvalue weighted by Gasteiger charge is 2.76. The van der Waals surface area contributed by atoms with Crippen LogP contribution in [0, 0.1) is 29.1 Å². The SMILES string of the molecule is CC1=C(C)C2CC3CC4C1CC324. The van der Waals surface area contributed by atoms with Crippen molar-refractivity contribution in [1.82, 2.24) is 0 Å². The van der Waals surface area contributed by atoms with E-state index in [4.69, 9.17) is 0 Å². The van der Waals surface area contributed by atoms with Crippen LogP contribution in [0.4, 0.5) is 0 Å². The van der Waals surface area contributed by atoms with E-state index < -0.39 is 0 Å². The highest BCUT2D eigenvalue weighted by Crippen LogP contribution is 2.83. The van der Waals surface area contributed by atoms with Gasteiger partial charge in [0.25, 0.3) is 0 Å². The van der Waals surface area contributed by atoms with Gasteiger partial charge in [-0.05, 0) is 62.2 Å². The van der Waals surface area contributed by atoms with Gasteiger partial charge in [-0.1, -0.05) is 11.1 Å². The molecule has 0 N–H and O–H groups in total. The van der Waals surface area contributed by atoms with Gasteiger partial charge in [-0.15, -0.1) is 0 Å². The molecule has 3 saturated carbocycles. The Morgan fingerprint density at radius 3 is 2.67 bits per heavy atom. The summed E-state index contributed by atoms with van der Waals surface area (Å²) in [5, 5.41) is 0. The third-order valence-corrected chi connectivity index (χ3v) is 5.92. The molecule has 0 heterocycles. The topological polar surface area (TPSA) is 0 Å². The molecule has 0 aromatic carbocycles. The van der Waals surface area contributed by atoms with Crippen molar-refractivity contribution >= 4 is 0 Å². The molecule has 2 bridgehead atoms. The lowest BCUT2D eigenvalue weighted by atomic mass is 9.23. The van der Waals surface area contributed by atoms with E-state index in [1.165, 1.54) is 5.92 Å². The maximum absolute atomic E-state index is 2.40. The van der Waals surface area contributed by atoms with Gasteiger partial charge in [0.1, 0.15) is 0 Å². The van der Waals surface area contributed by atoms with Gasteiger partial charge in [-0.25, -0.2) is 0 Å². The summed E-state index contributed by atoms with van der Waals surface area (Å²) in [7, 11) is 0. The van der Waals surface area contributed by atoms with Crippen LogP contribution < -0.4 is 0 Å². The van der Waals surface area contributed by atoms with Gasteiger partial charge >= 0.3 is 0 Å². The summed E-state index contributed by atoms with van der Waals surface area (Å²) >= 11 is 0. The van der Waals surface area contributed by atoms with Crippen molar-refractivity contribution in [2.45, 2.75) is 33.1 Å². The summed E-state index contributed by atoms with van der Waals surface area (Å²) < 4.78 is 0. The quantitative estimate of drug-likeness (QED) is 0.478. The van der Waals surface area contributed by atoms with Gasteiger partial charge in [-0.3, -0.25) is 0 Å². The number of hydrogen-bond donors (Lipinski definition) is 0. The van der Waals surface area contributed by atoms with E-state index in [0.29, 0.717) is 0 Å². The van der Waals surface area contributed by atoms with Gasteiger partial charge in [0.15, 0.2) is 0 Å². The van der Waals surface area contributed by atoms with Crippen molar-refractivity contribution in [3.63, 3.8) is 0 Å². The molecule has 64 valence electrons. The number of rotatable bonds is 0. The minimum Gasteiger partial charge on any atom is -0.0707 e. The maximum atomic E-state index is 2.40. The summed E-state index contributed by atoms with van der Waals surface area (Å²) in [6, 6.07) is 0. The third kappa shape index (κ3) is 0.341. The Morgan fingerprint density at radius 2 is 2.00 bits per heavy atom. The third-order valence-electron chi connectivity index (χ3n) is 5.92. The van der Waals surface area contributed by atoms with Crippen molar-refractivity contribution < 1.29 is 0 Å². The standard InChI is InChI=1S/C12H16/c1-6-7(2)10-3-8-4-11-9(6)5-12(8,10)11/h8-11H,3-5H2,1-2H3. The molecule has 0 amide bonds. The molecule has 12 heavy (non-hydrogen) atoms. The van der Waals surface area contributed by atoms with Crippen LogP contribution in [0.1, 0.15) is 33.1 Å². The second-order valence-corrected chi connectivity index (χ2v) is 5.62. The molecule has 5 aliphatic rings. The molecule has 5 rings (SSSR count). The van der Waals surface area contributed by atoms with Crippen molar-refractivity contribution in [3.8, 4) is 0 Å². The van der Waals surface area contributed by atoms with E-state index in [2.05, 4.69) is 13.8 Å². The summed E-state index contributed by atoms with van der Waals surface area (Å²) in [5.74, 6) is 4.42. The maximum Gasteiger partial charge on any atom is -0.0138 e. The molecular weight excluding hydrogens is 144 g/mol. The van der Waals surface area contributed by atoms with E-state index in [-0.39, 0.29) is 0 Å². The van der Waals surface area contributed by atoms with E-state index in [1.807, 2.05) is 0 Å². The van der Waals surface area contributed by atoms with Crippen LogP contribution in [0.15, 0.2) is 11.1 Å². The molecule has 5 atom stereocenters. The lowest BCUT2D eigenvalue weighted by Crippen LogP contribution is -2.74. The predicted molar refractivity (Wildman–Crippen MR) is 48.6 cm³/mol. The minimum atomic E-state index is 0.911. The lowest BCUT2D eigenvalue weighted by molar-refractivity contribution is -0.288. The average Bonchev–Trinajstić information content (AvgIpc) is 1.98. The zero-order valence-corrected chi connectivity index (χ0v) is 7.93. The highest BCUT2D eigenvalue weighted by atomic mass is 14.8. The molecule has 5 aliphatic carbocycles. The highest BCUT2D eigenvalue weighted by molar-refractivity contribution is 5.40. The minimum absolute atomic E-state index is 0.911. The Balaban J connectivity index is 1.93. The zero-order valence-electron chi connectivity index (χ0n) is 7.93. The van der Waals surface area contributed by atoms with Crippen LogP contribution in [0.2, 0.25) is 0 Å². The molecule has 0 nitrogen and oxygen atoms in total. The fourth-order valence-electron chi connectivity index (χ4n) is 5.05. The molecule has 0 aromatic rings. The molecular formula is C12H16. The average molecular weight is 160 g/mol. The van der Waals surface area contributed by atoms with E-state index in [1.54, 1.807) is 30.4 Å². The van der Waals surface area contributed by atoms with Crippen LogP contribution >= 0.6 is 0 Å². The summed E-state index contributed by atoms with van der Waals surface area (Å²) in [4.78, 5) is 0. The van der Waals surface area contributed by atoms with E-state index >= 15 is 0 Å². The summed E-state index contributed by atoms with van der Waals surface area (Å²) in [6.45, 7) is 4.80. The van der Waals surface area contributed by atoms with Crippen LogP contribution in [-0.4, -0.2) is 0 Å². The Hall–Kier alpha value is -0.260. The molecule has 0 aromatic heterocycles. The smallest absolute Gasteiger partial charge is 0.0138 e. The van der Waals surface area contributed by atoms with Crippen LogP contribution in [0.25, 0.3) is 0 Å². The normalized spacial score (nSPS) is 64.5. The molecule has 0 heteroatoms. The summed E-state index contributed by atoms with van der Waals surface area (Å²) in [5.41, 5.74) is 4.48. The molecule has 0 aliphatic heterocycles. The molecule has 1 spiro atoms. The van der Waals surface area contributed by atoms with Gasteiger partial charge < -0.3 is 0 Å². The van der Waals surface area contributed by atoms with E-state index in [9.17, 15) is 0 Å². The molecule has 0 radical (unpaired) electrons. The Kier molecular flexibility index (Phi) is 0.740. The van der Waals surface area contributed by atoms with Crippen molar-refractivity contribution in [2.24, 2.45) is 29.1 Å². The lowest BCUT2D eigenvalue weighted by Gasteiger charge is -2.81. The fraction of sp³-hybridized carbons (Fsp3) is 0.833. The monoisotopic (exact) mass is 160 g/mol. The largest absolute Gasteiger partial charge is 0.0707 e. The van der Waals surface area contributed by atoms with E-state index in [0.717, 1.165) is 23.2 Å². The Bertz CT molecular complexity index is 308. The van der Waals surface area contributed by atoms with Gasteiger partial charge in [0.2, 0.25) is 0 Å². The van der Waals surface area contributed by atoms with Crippen LogP contribution in [-0.2, 0) is 0 Å². The molecule has 5 unspecified atom stereocenters. The van der Waals surface area contributed by atoms with Crippen LogP contribution in [0.3, 0.4) is 0 Å². The van der Waals surface area contributed by atoms with Crippen molar-refractivity contribution in [2.75, 3.05) is 0 Å². The van der Waals surface area contributed by atoms with Crippen molar-refractivity contribution in [1.29, 1.82) is 0 Å². The second-order valence-electron chi connectivity index (χ2n) is 5.62. The molecule has 0 saturated heterocycles. The Labute approximate surface area is 74.0 Å². The van der Waals surface area contributed by atoms with Gasteiger partial charge in [-0.2, -0.15) is 0 Å². The van der Waals surface area contributed by atoms with Gasteiger partial charge in [0, 0.05) is 0 Å².